The molecule has 0 amide bonds. The van der Waals surface area contributed by atoms with Gasteiger partial charge in [-0.3, -0.25) is 0 Å². The third-order valence-electron chi connectivity index (χ3n) is 5.18. The highest BCUT2D eigenvalue weighted by atomic mass is 16.5. The van der Waals surface area contributed by atoms with Crippen LogP contribution in [0, 0.1) is 0 Å². The second-order valence-corrected chi connectivity index (χ2v) is 6.71. The quantitative estimate of drug-likeness (QED) is 0.879. The number of benzene rings is 2. The van der Waals surface area contributed by atoms with Crippen LogP contribution in [0.4, 0.5) is 0 Å². The van der Waals surface area contributed by atoms with Crippen molar-refractivity contribution in [1.29, 1.82) is 0 Å². The smallest absolute Gasteiger partial charge is 0.123 e. The van der Waals surface area contributed by atoms with Crippen LogP contribution in [0.25, 0.3) is 11.1 Å². The number of phenols is 1. The third kappa shape index (κ3) is 3.73. The van der Waals surface area contributed by atoms with Crippen molar-refractivity contribution < 1.29 is 9.84 Å². The molecule has 0 aromatic heterocycles. The van der Waals surface area contributed by atoms with Gasteiger partial charge in [-0.2, -0.15) is 0 Å². The Morgan fingerprint density at radius 2 is 1.96 bits per heavy atom. The maximum Gasteiger partial charge on any atom is 0.123 e. The van der Waals surface area contributed by atoms with E-state index in [0.29, 0.717) is 11.8 Å². The first kappa shape index (κ1) is 16.8. The largest absolute Gasteiger partial charge is 0.507 e. The predicted molar refractivity (Wildman–Crippen MR) is 98.7 cm³/mol. The fourth-order valence-electron chi connectivity index (χ4n) is 3.69. The van der Waals surface area contributed by atoms with E-state index in [4.69, 9.17) is 4.74 Å². The molecule has 128 valence electrons. The van der Waals surface area contributed by atoms with Gasteiger partial charge in [-0.15, -0.1) is 0 Å². The number of ether oxygens (including phenoxy) is 1. The average molecular weight is 325 g/mol. The lowest BCUT2D eigenvalue weighted by Crippen LogP contribution is -2.36. The molecule has 24 heavy (non-hydrogen) atoms. The van der Waals surface area contributed by atoms with Crippen LogP contribution >= 0.6 is 0 Å². The van der Waals surface area contributed by atoms with Crippen molar-refractivity contribution in [2.45, 2.75) is 38.1 Å². The van der Waals surface area contributed by atoms with Crippen molar-refractivity contribution >= 4 is 0 Å². The molecule has 1 atom stereocenters. The van der Waals surface area contributed by atoms with Gasteiger partial charge >= 0.3 is 0 Å². The highest BCUT2D eigenvalue weighted by molar-refractivity contribution is 5.74. The van der Waals surface area contributed by atoms with E-state index in [2.05, 4.69) is 30.1 Å². The predicted octanol–water partition coefficient (Wildman–Crippen LogP) is 4.48. The minimum Gasteiger partial charge on any atom is -0.507 e. The molecule has 1 aliphatic heterocycles. The zero-order valence-corrected chi connectivity index (χ0v) is 14.7. The van der Waals surface area contributed by atoms with E-state index in [1.54, 1.807) is 19.2 Å². The topological polar surface area (TPSA) is 32.7 Å². The summed E-state index contributed by atoms with van der Waals surface area (Å²) in [5, 5.41) is 10.3. The Balaban J connectivity index is 1.83. The van der Waals surface area contributed by atoms with Crippen molar-refractivity contribution in [1.82, 2.24) is 4.90 Å². The van der Waals surface area contributed by atoms with E-state index in [0.717, 1.165) is 29.7 Å². The highest BCUT2D eigenvalue weighted by Crippen LogP contribution is 2.35. The summed E-state index contributed by atoms with van der Waals surface area (Å²) >= 11 is 0. The number of piperidine rings is 1. The van der Waals surface area contributed by atoms with Gasteiger partial charge in [0.2, 0.25) is 0 Å². The Bertz CT molecular complexity index is 683. The van der Waals surface area contributed by atoms with Crippen molar-refractivity contribution in [3.05, 3.63) is 48.0 Å². The molecule has 1 heterocycles. The van der Waals surface area contributed by atoms with E-state index < -0.39 is 0 Å². The average Bonchev–Trinajstić information content (AvgIpc) is 2.62. The normalized spacial score (nSPS) is 18.5. The lowest BCUT2D eigenvalue weighted by atomic mass is 9.92. The van der Waals surface area contributed by atoms with Crippen LogP contribution in [-0.2, 0) is 6.42 Å². The van der Waals surface area contributed by atoms with Crippen LogP contribution in [-0.4, -0.2) is 36.8 Å². The molecule has 1 N–H and O–H groups in total. The van der Waals surface area contributed by atoms with Crippen molar-refractivity contribution in [2.24, 2.45) is 0 Å². The molecule has 1 aliphatic rings. The van der Waals surface area contributed by atoms with E-state index in [1.807, 2.05) is 12.1 Å². The van der Waals surface area contributed by atoms with Crippen molar-refractivity contribution in [3.8, 4) is 22.6 Å². The Morgan fingerprint density at radius 1 is 1.12 bits per heavy atom. The van der Waals surface area contributed by atoms with Gasteiger partial charge in [0.1, 0.15) is 11.5 Å². The summed E-state index contributed by atoms with van der Waals surface area (Å²) in [5.41, 5.74) is 3.24. The minimum absolute atomic E-state index is 0.304. The molecule has 0 saturated carbocycles. The molecule has 3 rings (SSSR count). The van der Waals surface area contributed by atoms with E-state index in [1.165, 1.54) is 31.4 Å². The Labute approximate surface area is 144 Å². The molecule has 0 bridgehead atoms. The highest BCUT2D eigenvalue weighted by Gasteiger charge is 2.19. The van der Waals surface area contributed by atoms with Gasteiger partial charge in [-0.1, -0.05) is 30.7 Å². The number of phenolic OH excluding ortho intramolecular Hbond substituents is 1. The summed E-state index contributed by atoms with van der Waals surface area (Å²) in [7, 11) is 3.89. The van der Waals surface area contributed by atoms with Crippen molar-refractivity contribution in [3.63, 3.8) is 0 Å². The second kappa shape index (κ2) is 7.71. The maximum atomic E-state index is 10.3. The molecule has 2 aromatic carbocycles. The molecule has 0 aliphatic carbocycles. The first-order chi connectivity index (χ1) is 11.7. The van der Waals surface area contributed by atoms with Gasteiger partial charge in [0.05, 0.1) is 7.11 Å². The zero-order valence-electron chi connectivity index (χ0n) is 14.7. The van der Waals surface area contributed by atoms with E-state index in [-0.39, 0.29) is 0 Å². The van der Waals surface area contributed by atoms with Gasteiger partial charge in [0, 0.05) is 11.6 Å². The summed E-state index contributed by atoms with van der Waals surface area (Å²) in [4.78, 5) is 2.50. The number of likely N-dealkylation sites (tertiary alicyclic amines) is 1. The molecule has 3 nitrogen and oxygen atoms in total. The summed E-state index contributed by atoms with van der Waals surface area (Å²) in [6.45, 7) is 1.21. The number of aromatic hydroxyl groups is 1. The van der Waals surface area contributed by atoms with Crippen LogP contribution < -0.4 is 4.74 Å². The summed E-state index contributed by atoms with van der Waals surface area (Å²) in [5.74, 6) is 1.07. The fraction of sp³-hybridized carbons (Fsp3) is 0.429. The standard InChI is InChI=1S/C21H27NO2/c1-22-14-6-5-8-17(22)11-10-16-7-3-4-9-19(16)20-15-18(24-2)12-13-21(20)23/h3-4,7,9,12-13,15,17,23H,5-6,8,10-11,14H2,1-2H3. The Morgan fingerprint density at radius 3 is 2.75 bits per heavy atom. The minimum atomic E-state index is 0.304. The van der Waals surface area contributed by atoms with Crippen LogP contribution in [0.3, 0.4) is 0 Å². The lowest BCUT2D eigenvalue weighted by Gasteiger charge is -2.32. The molecular weight excluding hydrogens is 298 g/mol. The molecule has 2 aromatic rings. The SMILES string of the molecule is COc1ccc(O)c(-c2ccccc2CCC2CCCCN2C)c1. The molecule has 1 unspecified atom stereocenters. The second-order valence-electron chi connectivity index (χ2n) is 6.71. The zero-order chi connectivity index (χ0) is 16.9. The monoisotopic (exact) mass is 325 g/mol. The summed E-state index contributed by atoms with van der Waals surface area (Å²) in [6, 6.07) is 14.5. The van der Waals surface area contributed by atoms with Crippen LogP contribution in [0.1, 0.15) is 31.2 Å². The van der Waals surface area contributed by atoms with Crippen LogP contribution in [0.5, 0.6) is 11.5 Å². The number of methoxy groups -OCH3 is 1. The molecule has 3 heteroatoms. The first-order valence-corrected chi connectivity index (χ1v) is 8.84. The number of nitrogens with zero attached hydrogens (tertiary/aromatic N) is 1. The molecule has 1 saturated heterocycles. The number of rotatable bonds is 5. The molecular formula is C21H27NO2. The fourth-order valence-corrected chi connectivity index (χ4v) is 3.69. The van der Waals surface area contributed by atoms with Crippen molar-refractivity contribution in [2.75, 3.05) is 20.7 Å². The van der Waals surface area contributed by atoms with Gasteiger partial charge in [-0.25, -0.2) is 0 Å². The van der Waals surface area contributed by atoms with Gasteiger partial charge in [0.15, 0.2) is 0 Å². The summed E-state index contributed by atoms with van der Waals surface area (Å²) < 4.78 is 5.32. The molecule has 0 spiro atoms. The van der Waals surface area contributed by atoms with Crippen LogP contribution in [0.15, 0.2) is 42.5 Å². The number of aryl methyl sites for hydroxylation is 1. The third-order valence-corrected chi connectivity index (χ3v) is 5.18. The maximum absolute atomic E-state index is 10.3. The number of hydrogen-bond acceptors (Lipinski definition) is 3. The number of hydrogen-bond donors (Lipinski definition) is 1. The first-order valence-electron chi connectivity index (χ1n) is 8.84. The lowest BCUT2D eigenvalue weighted by molar-refractivity contribution is 0.176. The Kier molecular flexibility index (Phi) is 5.41. The van der Waals surface area contributed by atoms with Gasteiger partial charge < -0.3 is 14.7 Å². The van der Waals surface area contributed by atoms with Gasteiger partial charge in [0.25, 0.3) is 0 Å². The molecule has 1 fully saturated rings. The van der Waals surface area contributed by atoms with Crippen LogP contribution in [0.2, 0.25) is 0 Å². The van der Waals surface area contributed by atoms with Gasteiger partial charge in [-0.05, 0) is 68.6 Å². The summed E-state index contributed by atoms with van der Waals surface area (Å²) in [6.07, 6.45) is 6.15. The van der Waals surface area contributed by atoms with E-state index in [9.17, 15) is 5.11 Å². The molecule has 0 radical (unpaired) electrons. The van der Waals surface area contributed by atoms with E-state index >= 15 is 0 Å². The Hall–Kier alpha value is -2.00.